The second kappa shape index (κ2) is 10.5. The summed E-state index contributed by atoms with van der Waals surface area (Å²) in [6.45, 7) is 5.02. The molecule has 4 rings (SSSR count). The lowest BCUT2D eigenvalue weighted by molar-refractivity contribution is -0.133. The third-order valence-corrected chi connectivity index (χ3v) is 8.42. The van der Waals surface area contributed by atoms with Crippen molar-refractivity contribution in [2.75, 3.05) is 32.3 Å². The van der Waals surface area contributed by atoms with Crippen molar-refractivity contribution in [1.82, 2.24) is 14.8 Å². The van der Waals surface area contributed by atoms with Gasteiger partial charge in [-0.1, -0.05) is 19.8 Å². The number of rotatable bonds is 10. The van der Waals surface area contributed by atoms with Gasteiger partial charge in [0.15, 0.2) is 0 Å². The number of nitrogens with one attached hydrogen (secondary N) is 1. The average Bonchev–Trinajstić information content (AvgIpc) is 3.48. The lowest BCUT2D eigenvalue weighted by atomic mass is 9.94. The fourth-order valence-corrected chi connectivity index (χ4v) is 6.11. The molecule has 1 aromatic carbocycles. The number of aromatic nitrogens is 1. The molecule has 186 valence electrons. The van der Waals surface area contributed by atoms with Crippen LogP contribution in [0.2, 0.25) is 0 Å². The molecule has 1 aliphatic carbocycles. The first-order valence-corrected chi connectivity index (χ1v) is 13.5. The molecule has 1 aromatic heterocycles. The zero-order valence-electron chi connectivity index (χ0n) is 20.8. The number of hydrogen-bond donors (Lipinski definition) is 1. The van der Waals surface area contributed by atoms with E-state index in [0.29, 0.717) is 30.3 Å². The van der Waals surface area contributed by atoms with Crippen LogP contribution in [0.15, 0.2) is 18.2 Å². The van der Waals surface area contributed by atoms with Gasteiger partial charge in [-0.2, -0.15) is 11.8 Å². The normalized spacial score (nSPS) is 20.6. The van der Waals surface area contributed by atoms with Crippen LogP contribution in [0.4, 0.5) is 0 Å². The molecule has 0 radical (unpaired) electrons. The van der Waals surface area contributed by atoms with Crippen LogP contribution < -0.4 is 14.8 Å². The summed E-state index contributed by atoms with van der Waals surface area (Å²) in [4.78, 5) is 29.4. The Bertz CT molecular complexity index is 1050. The smallest absolute Gasteiger partial charge is 0.271 e. The third kappa shape index (κ3) is 4.49. The topological polar surface area (TPSA) is 72.8 Å². The first kappa shape index (κ1) is 24.8. The van der Waals surface area contributed by atoms with E-state index in [0.717, 1.165) is 60.9 Å². The van der Waals surface area contributed by atoms with E-state index in [1.54, 1.807) is 19.1 Å². The molecular formula is C26H37N3O4S. The first-order valence-electron chi connectivity index (χ1n) is 12.4. The van der Waals surface area contributed by atoms with Crippen LogP contribution in [0, 0.1) is 0 Å². The summed E-state index contributed by atoms with van der Waals surface area (Å²) >= 11 is 1.90. The molecule has 0 saturated heterocycles. The number of carbonyl (C=O) groups excluding carboxylic acids is 2. The van der Waals surface area contributed by atoms with E-state index >= 15 is 0 Å². The quantitative estimate of drug-likeness (QED) is 0.501. The summed E-state index contributed by atoms with van der Waals surface area (Å²) in [6, 6.07) is 5.78. The summed E-state index contributed by atoms with van der Waals surface area (Å²) in [5, 5.41) is 4.09. The van der Waals surface area contributed by atoms with Gasteiger partial charge < -0.3 is 24.3 Å². The predicted octanol–water partition coefficient (Wildman–Crippen LogP) is 4.47. The molecule has 7 nitrogen and oxygen atoms in total. The molecule has 1 fully saturated rings. The Kier molecular flexibility index (Phi) is 7.65. The molecule has 34 heavy (non-hydrogen) atoms. The van der Waals surface area contributed by atoms with E-state index in [9.17, 15) is 9.59 Å². The van der Waals surface area contributed by atoms with Crippen LogP contribution in [-0.2, 0) is 11.3 Å². The average molecular weight is 488 g/mol. The Hall–Kier alpha value is -2.35. The van der Waals surface area contributed by atoms with Gasteiger partial charge in [-0.3, -0.25) is 9.59 Å². The molecule has 8 heteroatoms. The number of benzene rings is 1. The maximum atomic E-state index is 13.9. The summed E-state index contributed by atoms with van der Waals surface area (Å²) in [5.41, 5.74) is 0.385. The molecule has 1 atom stereocenters. The molecule has 0 bridgehead atoms. The minimum atomic E-state index is -0.984. The van der Waals surface area contributed by atoms with Crippen molar-refractivity contribution >= 4 is 34.5 Å². The Morgan fingerprint density at radius 3 is 2.56 bits per heavy atom. The monoisotopic (exact) mass is 487 g/mol. The van der Waals surface area contributed by atoms with E-state index in [4.69, 9.17) is 9.47 Å². The number of carbonyl (C=O) groups is 2. The Morgan fingerprint density at radius 2 is 1.88 bits per heavy atom. The third-order valence-electron chi connectivity index (χ3n) is 7.15. The molecule has 0 unspecified atom stereocenters. The van der Waals surface area contributed by atoms with Crippen molar-refractivity contribution in [3.05, 3.63) is 23.9 Å². The van der Waals surface area contributed by atoms with Gasteiger partial charge in [-0.05, 0) is 62.3 Å². The lowest BCUT2D eigenvalue weighted by Gasteiger charge is -2.44. The highest BCUT2D eigenvalue weighted by atomic mass is 32.2. The van der Waals surface area contributed by atoms with Crippen molar-refractivity contribution in [3.63, 3.8) is 0 Å². The van der Waals surface area contributed by atoms with Crippen LogP contribution in [-0.4, -0.2) is 65.1 Å². The zero-order chi connectivity index (χ0) is 24.3. The van der Waals surface area contributed by atoms with Gasteiger partial charge in [0.1, 0.15) is 22.7 Å². The molecule has 1 N–H and O–H groups in total. The maximum Gasteiger partial charge on any atom is 0.271 e. The standard InChI is InChI=1S/C26H37N3O4S/c1-5-14-34-15-8-13-29-24(30)20-16-19-21(32-3)11-12-22(33-4)23(19)28(20)17-26(29,2)25(31)27-18-9-6-7-10-18/h11-12,16,18H,5-10,13-15,17H2,1-4H3,(H,27,31)/t26-/m0/s1. The van der Waals surface area contributed by atoms with Crippen LogP contribution in [0.5, 0.6) is 11.5 Å². The number of nitrogens with zero attached hydrogens (tertiary/aromatic N) is 2. The fourth-order valence-electron chi connectivity index (χ4n) is 5.29. The highest BCUT2D eigenvalue weighted by Gasteiger charge is 2.48. The maximum absolute atomic E-state index is 13.9. The van der Waals surface area contributed by atoms with E-state index in [1.807, 2.05) is 41.5 Å². The second-order valence-electron chi connectivity index (χ2n) is 9.50. The van der Waals surface area contributed by atoms with Crippen molar-refractivity contribution in [2.45, 2.75) is 70.5 Å². The van der Waals surface area contributed by atoms with E-state index in [-0.39, 0.29) is 17.9 Å². The number of methoxy groups -OCH3 is 2. The number of amides is 2. The fraction of sp³-hybridized carbons (Fsp3) is 0.615. The van der Waals surface area contributed by atoms with Crippen molar-refractivity contribution < 1.29 is 19.1 Å². The van der Waals surface area contributed by atoms with Crippen LogP contribution in [0.3, 0.4) is 0 Å². The number of thioether (sulfide) groups is 1. The van der Waals surface area contributed by atoms with E-state index in [2.05, 4.69) is 12.2 Å². The Morgan fingerprint density at radius 1 is 1.18 bits per heavy atom. The number of fused-ring (bicyclic) bond motifs is 3. The number of hydrogen-bond acceptors (Lipinski definition) is 5. The highest BCUT2D eigenvalue weighted by molar-refractivity contribution is 7.99. The van der Waals surface area contributed by atoms with Crippen molar-refractivity contribution in [1.29, 1.82) is 0 Å². The lowest BCUT2D eigenvalue weighted by Crippen LogP contribution is -2.65. The zero-order valence-corrected chi connectivity index (χ0v) is 21.6. The van der Waals surface area contributed by atoms with Crippen LogP contribution in [0.1, 0.15) is 62.9 Å². The summed E-state index contributed by atoms with van der Waals surface area (Å²) in [5.74, 6) is 3.26. The minimum absolute atomic E-state index is 0.0664. The molecule has 2 aromatic rings. The van der Waals surface area contributed by atoms with Crippen molar-refractivity contribution in [3.8, 4) is 11.5 Å². The SMILES string of the molecule is CCCSCCCN1C(=O)c2cc3c(OC)ccc(OC)c3n2C[C@@]1(C)C(=O)NC1CCCC1. The molecule has 1 saturated carbocycles. The Balaban J connectivity index is 1.73. The molecule has 2 heterocycles. The molecule has 0 spiro atoms. The van der Waals surface area contributed by atoms with Crippen molar-refractivity contribution in [2.24, 2.45) is 0 Å². The Labute approximate surface area is 206 Å². The summed E-state index contributed by atoms with van der Waals surface area (Å²) in [6.07, 6.45) is 6.29. The number of ether oxygens (including phenoxy) is 2. The first-order chi connectivity index (χ1) is 16.4. The summed E-state index contributed by atoms with van der Waals surface area (Å²) in [7, 11) is 3.25. The van der Waals surface area contributed by atoms with Gasteiger partial charge in [-0.15, -0.1) is 0 Å². The van der Waals surface area contributed by atoms with Crippen LogP contribution in [0.25, 0.3) is 10.9 Å². The predicted molar refractivity (Wildman–Crippen MR) is 137 cm³/mol. The highest BCUT2D eigenvalue weighted by Crippen LogP contribution is 2.40. The largest absolute Gasteiger partial charge is 0.496 e. The summed E-state index contributed by atoms with van der Waals surface area (Å²) < 4.78 is 13.2. The van der Waals surface area contributed by atoms with Gasteiger partial charge in [-0.25, -0.2) is 0 Å². The van der Waals surface area contributed by atoms with Gasteiger partial charge in [0.25, 0.3) is 5.91 Å². The molecular weight excluding hydrogens is 450 g/mol. The van der Waals surface area contributed by atoms with E-state index < -0.39 is 5.54 Å². The van der Waals surface area contributed by atoms with Gasteiger partial charge in [0, 0.05) is 18.0 Å². The van der Waals surface area contributed by atoms with Gasteiger partial charge >= 0.3 is 0 Å². The molecule has 1 aliphatic heterocycles. The molecule has 2 aliphatic rings. The van der Waals surface area contributed by atoms with Gasteiger partial charge in [0.05, 0.1) is 26.3 Å². The van der Waals surface area contributed by atoms with Crippen LogP contribution >= 0.6 is 11.8 Å². The van der Waals surface area contributed by atoms with Gasteiger partial charge in [0.2, 0.25) is 5.91 Å². The molecule has 2 amide bonds. The van der Waals surface area contributed by atoms with E-state index in [1.165, 1.54) is 0 Å². The minimum Gasteiger partial charge on any atom is -0.496 e. The second-order valence-corrected chi connectivity index (χ2v) is 10.7.